The second kappa shape index (κ2) is 5.07. The largest absolute Gasteiger partial charge is 0.389 e. The molecule has 130 valence electrons. The molecule has 1 N–H and O–H groups in total. The highest BCUT2D eigenvalue weighted by molar-refractivity contribution is 5.79. The average molecular weight is 319 g/mol. The number of Topliss-reactive ketones (excluding diaryl/α,β-unsaturated/α-hetero) is 1. The van der Waals surface area contributed by atoms with Crippen molar-refractivity contribution in [3.8, 4) is 0 Å². The molecule has 23 heavy (non-hydrogen) atoms. The molecule has 0 amide bonds. The maximum Gasteiger partial charge on any atom is 0.133 e. The highest BCUT2D eigenvalue weighted by Crippen LogP contribution is 2.68. The first-order chi connectivity index (χ1) is 10.8. The average Bonchev–Trinajstić information content (AvgIpc) is 2.80. The van der Waals surface area contributed by atoms with Gasteiger partial charge in [0.25, 0.3) is 0 Å². The van der Waals surface area contributed by atoms with E-state index in [1.807, 2.05) is 0 Å². The van der Waals surface area contributed by atoms with Gasteiger partial charge in [0, 0.05) is 12.8 Å². The molecule has 4 aliphatic rings. The number of fused-ring (bicyclic) bond motifs is 5. The van der Waals surface area contributed by atoms with Crippen molar-refractivity contribution >= 4 is 5.78 Å². The summed E-state index contributed by atoms with van der Waals surface area (Å²) in [7, 11) is 0. The summed E-state index contributed by atoms with van der Waals surface area (Å²) in [5, 5.41) is 11.2. The molecule has 2 heteroatoms. The van der Waals surface area contributed by atoms with E-state index in [2.05, 4.69) is 20.8 Å². The van der Waals surface area contributed by atoms with Crippen molar-refractivity contribution < 1.29 is 9.90 Å². The summed E-state index contributed by atoms with van der Waals surface area (Å²) < 4.78 is 0. The SMILES string of the molecule is CCC1(O)CCC2C3CC[C@H]4CC(=O)CCC4(C)C3CCC21C. The van der Waals surface area contributed by atoms with Crippen LogP contribution in [-0.2, 0) is 4.79 Å². The minimum atomic E-state index is -0.428. The summed E-state index contributed by atoms with van der Waals surface area (Å²) in [4.78, 5) is 11.9. The van der Waals surface area contributed by atoms with Crippen LogP contribution < -0.4 is 0 Å². The number of aliphatic hydroxyl groups is 1. The topological polar surface area (TPSA) is 37.3 Å². The summed E-state index contributed by atoms with van der Waals surface area (Å²) in [6.45, 7) is 7.07. The Balaban J connectivity index is 1.64. The molecule has 0 saturated heterocycles. The molecule has 0 aromatic heterocycles. The second-order valence-corrected chi connectivity index (χ2v) is 9.78. The third kappa shape index (κ3) is 2.00. The lowest BCUT2D eigenvalue weighted by atomic mass is 9.44. The molecule has 0 spiro atoms. The van der Waals surface area contributed by atoms with Crippen molar-refractivity contribution in [1.29, 1.82) is 0 Å². The predicted molar refractivity (Wildman–Crippen MR) is 92.0 cm³/mol. The molecule has 0 aromatic rings. The molecule has 0 heterocycles. The molecule has 0 aromatic carbocycles. The normalized spacial score (nSPS) is 55.9. The number of carbonyl (C=O) groups excluding carboxylic acids is 1. The summed E-state index contributed by atoms with van der Waals surface area (Å²) >= 11 is 0. The lowest BCUT2D eigenvalue weighted by molar-refractivity contribution is -0.157. The van der Waals surface area contributed by atoms with E-state index in [9.17, 15) is 9.90 Å². The minimum absolute atomic E-state index is 0.136. The lowest BCUT2D eigenvalue weighted by Crippen LogP contribution is -2.56. The van der Waals surface area contributed by atoms with Gasteiger partial charge in [-0.25, -0.2) is 0 Å². The molecule has 4 fully saturated rings. The zero-order valence-electron chi connectivity index (χ0n) is 15.2. The molecule has 0 bridgehead atoms. The van der Waals surface area contributed by atoms with E-state index in [-0.39, 0.29) is 5.41 Å². The molecule has 6 unspecified atom stereocenters. The Labute approximate surface area is 141 Å². The van der Waals surface area contributed by atoms with Crippen molar-refractivity contribution in [3.63, 3.8) is 0 Å². The Morgan fingerprint density at radius 3 is 2.52 bits per heavy atom. The van der Waals surface area contributed by atoms with E-state index < -0.39 is 5.60 Å². The molecular formula is C21H34O2. The van der Waals surface area contributed by atoms with Crippen LogP contribution in [0.1, 0.15) is 85.0 Å². The number of ketones is 1. The monoisotopic (exact) mass is 318 g/mol. The summed E-state index contributed by atoms with van der Waals surface area (Å²) in [5.74, 6) is 3.45. The fraction of sp³-hybridized carbons (Fsp3) is 0.952. The zero-order chi connectivity index (χ0) is 16.5. The van der Waals surface area contributed by atoms with E-state index in [0.29, 0.717) is 23.0 Å². The molecule has 0 radical (unpaired) electrons. The first-order valence-corrected chi connectivity index (χ1v) is 10.1. The fourth-order valence-electron chi connectivity index (χ4n) is 7.74. The number of rotatable bonds is 1. The van der Waals surface area contributed by atoms with Gasteiger partial charge in [0.1, 0.15) is 5.78 Å². The molecule has 4 aliphatic carbocycles. The van der Waals surface area contributed by atoms with E-state index >= 15 is 0 Å². The Hall–Kier alpha value is -0.370. The van der Waals surface area contributed by atoms with Crippen LogP contribution in [0.15, 0.2) is 0 Å². The number of carbonyl (C=O) groups is 1. The highest BCUT2D eigenvalue weighted by atomic mass is 16.3. The van der Waals surface area contributed by atoms with Crippen molar-refractivity contribution in [3.05, 3.63) is 0 Å². The summed E-state index contributed by atoms with van der Waals surface area (Å²) in [5.41, 5.74) is 0.102. The van der Waals surface area contributed by atoms with Gasteiger partial charge in [-0.2, -0.15) is 0 Å². The van der Waals surface area contributed by atoms with Gasteiger partial charge in [0.05, 0.1) is 5.60 Å². The third-order valence-electron chi connectivity index (χ3n) is 9.39. The van der Waals surface area contributed by atoms with Gasteiger partial charge in [-0.15, -0.1) is 0 Å². The number of hydrogen-bond donors (Lipinski definition) is 1. The van der Waals surface area contributed by atoms with E-state index in [0.717, 1.165) is 43.9 Å². The van der Waals surface area contributed by atoms with E-state index in [1.165, 1.54) is 32.1 Å². The Kier molecular flexibility index (Phi) is 3.55. The standard InChI is InChI=1S/C21H34O2/c1-4-21(23)12-9-18-16-6-5-14-13-15(22)7-10-19(14,2)17(16)8-11-20(18,21)3/h14,16-18,23H,4-13H2,1-3H3/t14-,16?,17?,18?,19?,20?,21?/m0/s1. The van der Waals surface area contributed by atoms with Crippen molar-refractivity contribution in [1.82, 2.24) is 0 Å². The van der Waals surface area contributed by atoms with Crippen LogP contribution in [0.3, 0.4) is 0 Å². The molecule has 4 rings (SSSR count). The third-order valence-corrected chi connectivity index (χ3v) is 9.39. The zero-order valence-corrected chi connectivity index (χ0v) is 15.2. The van der Waals surface area contributed by atoms with E-state index in [1.54, 1.807) is 0 Å². The second-order valence-electron chi connectivity index (χ2n) is 9.78. The van der Waals surface area contributed by atoms with Crippen LogP contribution >= 0.6 is 0 Å². The summed E-state index contributed by atoms with van der Waals surface area (Å²) in [6.07, 6.45) is 11.0. The molecular weight excluding hydrogens is 284 g/mol. The van der Waals surface area contributed by atoms with Crippen LogP contribution in [0.25, 0.3) is 0 Å². The maximum atomic E-state index is 11.9. The fourth-order valence-corrected chi connectivity index (χ4v) is 7.74. The Morgan fingerprint density at radius 2 is 1.78 bits per heavy atom. The van der Waals surface area contributed by atoms with Crippen LogP contribution in [0.2, 0.25) is 0 Å². The smallest absolute Gasteiger partial charge is 0.133 e. The van der Waals surface area contributed by atoms with Crippen LogP contribution in [0, 0.1) is 34.5 Å². The van der Waals surface area contributed by atoms with Crippen molar-refractivity contribution in [2.75, 3.05) is 0 Å². The molecule has 4 saturated carbocycles. The molecule has 7 atom stereocenters. The van der Waals surface area contributed by atoms with Crippen molar-refractivity contribution in [2.24, 2.45) is 34.5 Å². The van der Waals surface area contributed by atoms with Gasteiger partial charge in [-0.3, -0.25) is 4.79 Å². The Bertz CT molecular complexity index is 514. The van der Waals surface area contributed by atoms with E-state index in [4.69, 9.17) is 0 Å². The summed E-state index contributed by atoms with van der Waals surface area (Å²) in [6, 6.07) is 0. The molecule has 2 nitrogen and oxygen atoms in total. The van der Waals surface area contributed by atoms with Crippen LogP contribution in [0.4, 0.5) is 0 Å². The van der Waals surface area contributed by atoms with Gasteiger partial charge in [0.15, 0.2) is 0 Å². The van der Waals surface area contributed by atoms with Crippen LogP contribution in [-0.4, -0.2) is 16.5 Å². The maximum absolute atomic E-state index is 11.9. The molecule has 0 aliphatic heterocycles. The lowest BCUT2D eigenvalue weighted by Gasteiger charge is -2.61. The van der Waals surface area contributed by atoms with Gasteiger partial charge < -0.3 is 5.11 Å². The van der Waals surface area contributed by atoms with Gasteiger partial charge in [-0.05, 0) is 85.9 Å². The first kappa shape index (κ1) is 16.1. The van der Waals surface area contributed by atoms with Crippen LogP contribution in [0.5, 0.6) is 0 Å². The highest BCUT2D eigenvalue weighted by Gasteiger charge is 2.63. The Morgan fingerprint density at radius 1 is 1.04 bits per heavy atom. The van der Waals surface area contributed by atoms with Gasteiger partial charge >= 0.3 is 0 Å². The van der Waals surface area contributed by atoms with Gasteiger partial charge in [-0.1, -0.05) is 20.8 Å². The van der Waals surface area contributed by atoms with Gasteiger partial charge in [0.2, 0.25) is 0 Å². The predicted octanol–water partition coefficient (Wildman–Crippen LogP) is 4.74. The quantitative estimate of drug-likeness (QED) is 0.758. The van der Waals surface area contributed by atoms with Crippen molar-refractivity contribution in [2.45, 2.75) is 90.6 Å². The minimum Gasteiger partial charge on any atom is -0.389 e. The first-order valence-electron chi connectivity index (χ1n) is 10.1. The number of hydrogen-bond acceptors (Lipinski definition) is 2.